The van der Waals surface area contributed by atoms with E-state index in [1.807, 2.05) is 43.3 Å². The molecular formula is C30H40N2O4. The lowest BCUT2D eigenvalue weighted by molar-refractivity contribution is -0.140. The van der Waals surface area contributed by atoms with Crippen molar-refractivity contribution >= 4 is 17.4 Å². The van der Waals surface area contributed by atoms with Crippen molar-refractivity contribution in [3.05, 3.63) is 70.8 Å². The number of Topliss-reactive ketones (excluding diaryl/α,β-unsaturated/α-hetero) is 1. The summed E-state index contributed by atoms with van der Waals surface area (Å²) in [6.07, 6.45) is 5.34. The van der Waals surface area contributed by atoms with E-state index in [2.05, 4.69) is 18.7 Å². The van der Waals surface area contributed by atoms with E-state index in [-0.39, 0.29) is 11.3 Å². The van der Waals surface area contributed by atoms with Crippen molar-refractivity contribution in [1.29, 1.82) is 0 Å². The van der Waals surface area contributed by atoms with E-state index in [0.29, 0.717) is 17.9 Å². The van der Waals surface area contributed by atoms with Gasteiger partial charge in [-0.05, 0) is 63.5 Å². The van der Waals surface area contributed by atoms with Gasteiger partial charge in [-0.15, -0.1) is 0 Å². The maximum Gasteiger partial charge on any atom is 0.295 e. The number of unbranched alkanes of at least 4 members (excludes halogenated alkanes) is 2. The van der Waals surface area contributed by atoms with Crippen LogP contribution < -0.4 is 4.74 Å². The molecule has 0 bridgehead atoms. The molecule has 0 unspecified atom stereocenters. The minimum atomic E-state index is -0.666. The summed E-state index contributed by atoms with van der Waals surface area (Å²) in [6.45, 7) is 9.74. The van der Waals surface area contributed by atoms with Crippen molar-refractivity contribution in [3.63, 3.8) is 0 Å². The minimum Gasteiger partial charge on any atom is -0.507 e. The average Bonchev–Trinajstić information content (AvgIpc) is 3.15. The summed E-state index contributed by atoms with van der Waals surface area (Å²) < 4.78 is 5.41. The number of carbonyl (C=O) groups is 2. The lowest BCUT2D eigenvalue weighted by Crippen LogP contribution is -2.34. The van der Waals surface area contributed by atoms with Gasteiger partial charge in [0.1, 0.15) is 11.5 Å². The molecular weight excluding hydrogens is 452 g/mol. The summed E-state index contributed by atoms with van der Waals surface area (Å²) >= 11 is 0. The Morgan fingerprint density at radius 3 is 2.22 bits per heavy atom. The van der Waals surface area contributed by atoms with Crippen LogP contribution in [-0.4, -0.2) is 59.9 Å². The van der Waals surface area contributed by atoms with Gasteiger partial charge in [-0.3, -0.25) is 9.59 Å². The van der Waals surface area contributed by atoms with Crippen LogP contribution in [0.5, 0.6) is 5.75 Å². The van der Waals surface area contributed by atoms with Gasteiger partial charge in [0.15, 0.2) is 0 Å². The van der Waals surface area contributed by atoms with Crippen molar-refractivity contribution in [1.82, 2.24) is 9.80 Å². The molecule has 1 saturated heterocycles. The van der Waals surface area contributed by atoms with E-state index in [0.717, 1.165) is 62.9 Å². The van der Waals surface area contributed by atoms with Crippen LogP contribution in [0.1, 0.15) is 68.7 Å². The normalized spacial score (nSPS) is 17.2. The van der Waals surface area contributed by atoms with Crippen molar-refractivity contribution in [2.24, 2.45) is 0 Å². The highest BCUT2D eigenvalue weighted by Gasteiger charge is 2.45. The maximum atomic E-state index is 13.3. The number of benzene rings is 2. The fourth-order valence-corrected chi connectivity index (χ4v) is 4.70. The molecule has 1 fully saturated rings. The van der Waals surface area contributed by atoms with E-state index < -0.39 is 17.7 Å². The summed E-state index contributed by atoms with van der Waals surface area (Å²) in [5.41, 5.74) is 2.45. The molecule has 2 aromatic carbocycles. The largest absolute Gasteiger partial charge is 0.507 e. The maximum absolute atomic E-state index is 13.3. The molecule has 194 valence electrons. The quantitative estimate of drug-likeness (QED) is 0.220. The molecule has 0 radical (unpaired) electrons. The smallest absolute Gasteiger partial charge is 0.295 e. The Kier molecular flexibility index (Phi) is 10.1. The monoisotopic (exact) mass is 492 g/mol. The molecule has 0 spiro atoms. The van der Waals surface area contributed by atoms with E-state index >= 15 is 0 Å². The molecule has 6 heteroatoms. The molecule has 1 amide bonds. The Morgan fingerprint density at radius 1 is 0.972 bits per heavy atom. The summed E-state index contributed by atoms with van der Waals surface area (Å²) in [5, 5.41) is 11.2. The number of ketones is 1. The van der Waals surface area contributed by atoms with Crippen LogP contribution in [-0.2, 0) is 9.59 Å². The Hall–Kier alpha value is -3.12. The van der Waals surface area contributed by atoms with E-state index in [1.165, 1.54) is 0 Å². The number of hydrogen-bond donors (Lipinski definition) is 1. The number of amides is 1. The van der Waals surface area contributed by atoms with E-state index in [9.17, 15) is 14.7 Å². The molecule has 36 heavy (non-hydrogen) atoms. The number of aliphatic hydroxyl groups is 1. The first-order valence-electron chi connectivity index (χ1n) is 13.1. The summed E-state index contributed by atoms with van der Waals surface area (Å²) in [6, 6.07) is 14.0. The standard InChI is InChI=1S/C30H40N2O4/c1-5-7-17-31(18-8-6-2)19-10-20-32-27(24-11-9-12-25(21-24)36-4)26(29(34)30(32)35)28(33)23-15-13-22(3)14-16-23/h9,11-16,21,27,33H,5-8,10,17-20H2,1-4H3/t27-/m1/s1. The first-order valence-corrected chi connectivity index (χ1v) is 13.1. The van der Waals surface area contributed by atoms with E-state index in [4.69, 9.17) is 4.74 Å². The molecule has 0 saturated carbocycles. The Morgan fingerprint density at radius 2 is 1.61 bits per heavy atom. The molecule has 3 rings (SSSR count). The van der Waals surface area contributed by atoms with E-state index in [1.54, 1.807) is 24.1 Å². The van der Waals surface area contributed by atoms with Crippen LogP contribution in [0.3, 0.4) is 0 Å². The molecule has 2 aromatic rings. The highest BCUT2D eigenvalue weighted by molar-refractivity contribution is 6.46. The Labute approximate surface area is 215 Å². The highest BCUT2D eigenvalue weighted by Crippen LogP contribution is 2.40. The average molecular weight is 493 g/mol. The van der Waals surface area contributed by atoms with Gasteiger partial charge in [0.2, 0.25) is 0 Å². The molecule has 1 aliphatic rings. The molecule has 1 aliphatic heterocycles. The summed E-state index contributed by atoms with van der Waals surface area (Å²) in [4.78, 5) is 30.6. The van der Waals surface area contributed by atoms with Crippen LogP contribution in [0.15, 0.2) is 54.1 Å². The number of ether oxygens (including phenoxy) is 1. The second kappa shape index (κ2) is 13.3. The van der Waals surface area contributed by atoms with Gasteiger partial charge in [0, 0.05) is 12.1 Å². The number of aryl methyl sites for hydroxylation is 1. The van der Waals surface area contributed by atoms with Gasteiger partial charge in [-0.1, -0.05) is 68.7 Å². The molecule has 6 nitrogen and oxygen atoms in total. The predicted molar refractivity (Wildman–Crippen MR) is 144 cm³/mol. The third-order valence-corrected chi connectivity index (χ3v) is 6.80. The van der Waals surface area contributed by atoms with Crippen LogP contribution >= 0.6 is 0 Å². The van der Waals surface area contributed by atoms with Crippen LogP contribution in [0.4, 0.5) is 0 Å². The van der Waals surface area contributed by atoms with Crippen LogP contribution in [0.25, 0.3) is 5.76 Å². The van der Waals surface area contributed by atoms with Gasteiger partial charge in [-0.2, -0.15) is 0 Å². The van der Waals surface area contributed by atoms with Gasteiger partial charge < -0.3 is 19.6 Å². The Bertz CT molecular complexity index is 1050. The zero-order chi connectivity index (χ0) is 26.1. The van der Waals surface area contributed by atoms with Gasteiger partial charge in [0.25, 0.3) is 11.7 Å². The highest BCUT2D eigenvalue weighted by atomic mass is 16.5. The topological polar surface area (TPSA) is 70.1 Å². The third-order valence-electron chi connectivity index (χ3n) is 6.80. The van der Waals surface area contributed by atoms with Crippen molar-refractivity contribution < 1.29 is 19.4 Å². The molecule has 0 aromatic heterocycles. The molecule has 1 heterocycles. The molecule has 1 N–H and O–H groups in total. The second-order valence-electron chi connectivity index (χ2n) is 9.54. The van der Waals surface area contributed by atoms with Crippen LogP contribution in [0, 0.1) is 6.92 Å². The predicted octanol–water partition coefficient (Wildman–Crippen LogP) is 5.72. The van der Waals surface area contributed by atoms with Crippen molar-refractivity contribution in [2.45, 2.75) is 58.9 Å². The Balaban J connectivity index is 1.93. The minimum absolute atomic E-state index is 0.130. The van der Waals surface area contributed by atoms with Gasteiger partial charge >= 0.3 is 0 Å². The molecule has 1 atom stereocenters. The number of likely N-dealkylation sites (tertiary alicyclic amines) is 1. The molecule has 0 aliphatic carbocycles. The van der Waals surface area contributed by atoms with Crippen molar-refractivity contribution in [3.8, 4) is 5.75 Å². The fraction of sp³-hybridized carbons (Fsp3) is 0.467. The second-order valence-corrected chi connectivity index (χ2v) is 9.54. The van der Waals surface area contributed by atoms with Crippen molar-refractivity contribution in [2.75, 3.05) is 33.3 Å². The zero-order valence-corrected chi connectivity index (χ0v) is 22.1. The number of methoxy groups -OCH3 is 1. The first kappa shape index (κ1) is 27.5. The summed E-state index contributed by atoms with van der Waals surface area (Å²) in [7, 11) is 1.59. The SMILES string of the molecule is CCCCN(CCCC)CCCN1C(=O)C(=O)C(=C(O)c2ccc(C)cc2)[C@H]1c1cccc(OC)c1. The lowest BCUT2D eigenvalue weighted by atomic mass is 9.95. The fourth-order valence-electron chi connectivity index (χ4n) is 4.70. The number of nitrogens with zero attached hydrogens (tertiary/aromatic N) is 2. The van der Waals surface area contributed by atoms with Crippen LogP contribution in [0.2, 0.25) is 0 Å². The lowest BCUT2D eigenvalue weighted by Gasteiger charge is -2.27. The van der Waals surface area contributed by atoms with Gasteiger partial charge in [0.05, 0.1) is 18.7 Å². The number of aliphatic hydroxyl groups excluding tert-OH is 1. The summed E-state index contributed by atoms with van der Waals surface area (Å²) in [5.74, 6) is -0.713. The first-order chi connectivity index (χ1) is 17.4. The van der Waals surface area contributed by atoms with Gasteiger partial charge in [-0.25, -0.2) is 0 Å². The zero-order valence-electron chi connectivity index (χ0n) is 22.1. The number of carbonyl (C=O) groups excluding carboxylic acids is 2. The number of hydrogen-bond acceptors (Lipinski definition) is 5. The third kappa shape index (κ3) is 6.55. The number of rotatable bonds is 13.